The molecule has 2 aromatic carbocycles. The molecule has 38 heavy (non-hydrogen) atoms. The Kier molecular flexibility index (Phi) is 11.1. The predicted octanol–water partition coefficient (Wildman–Crippen LogP) is 12.0. The molecule has 0 saturated carbocycles. The quantitative estimate of drug-likeness (QED) is 0.160. The molecule has 0 radical (unpaired) electrons. The molecule has 4 unspecified atom stereocenters. The molecular weight excluding hydrogens is 472 g/mol. The normalized spacial score (nSPS) is 22.5. The zero-order valence-electron chi connectivity index (χ0n) is 24.9. The second-order valence-electron chi connectivity index (χ2n) is 12.8. The molecule has 2 aromatic rings. The van der Waals surface area contributed by atoms with Crippen LogP contribution in [0.5, 0.6) is 0 Å². The van der Waals surface area contributed by atoms with Gasteiger partial charge in [-0.2, -0.15) is 0 Å². The number of hydrogen-bond acceptors (Lipinski definition) is 0. The maximum absolute atomic E-state index is 2.84. The first-order chi connectivity index (χ1) is 18.5. The topological polar surface area (TPSA) is 0 Å². The monoisotopic (exact) mass is 526 g/mol. The lowest BCUT2D eigenvalue weighted by Gasteiger charge is -2.42. The van der Waals surface area contributed by atoms with E-state index < -0.39 is 8.07 Å². The van der Waals surface area contributed by atoms with Gasteiger partial charge in [0.2, 0.25) is 0 Å². The first-order valence-corrected chi connectivity index (χ1v) is 18.9. The summed E-state index contributed by atoms with van der Waals surface area (Å²) in [6, 6.07) is 23.8. The van der Waals surface area contributed by atoms with Crippen molar-refractivity contribution < 1.29 is 0 Å². The van der Waals surface area contributed by atoms with E-state index >= 15 is 0 Å². The van der Waals surface area contributed by atoms with Gasteiger partial charge in [-0.15, -0.1) is 0 Å². The third-order valence-electron chi connectivity index (χ3n) is 10.2. The highest BCUT2D eigenvalue weighted by Gasteiger charge is 2.46. The second-order valence-corrected chi connectivity index (χ2v) is 17.7. The van der Waals surface area contributed by atoms with Crippen LogP contribution in [0.25, 0.3) is 0 Å². The Balaban J connectivity index is 1.37. The molecule has 0 bridgehead atoms. The van der Waals surface area contributed by atoms with Crippen LogP contribution in [-0.2, 0) is 0 Å². The van der Waals surface area contributed by atoms with E-state index in [1.54, 1.807) is 0 Å². The third kappa shape index (κ3) is 7.41. The van der Waals surface area contributed by atoms with Crippen molar-refractivity contribution in [2.45, 2.75) is 133 Å². The van der Waals surface area contributed by atoms with Gasteiger partial charge in [-0.3, -0.25) is 0 Å². The van der Waals surface area contributed by atoms with Gasteiger partial charge >= 0.3 is 0 Å². The van der Waals surface area contributed by atoms with E-state index in [1.165, 1.54) is 94.2 Å². The van der Waals surface area contributed by atoms with Crippen LogP contribution in [0.4, 0.5) is 0 Å². The number of hydrogen-bond donors (Lipinski definition) is 0. The average Bonchev–Trinajstić information content (AvgIpc) is 3.63. The van der Waals surface area contributed by atoms with Gasteiger partial charge in [-0.25, -0.2) is 0 Å². The van der Waals surface area contributed by atoms with Gasteiger partial charge in [-0.05, 0) is 98.3 Å². The number of rotatable bonds is 15. The minimum atomic E-state index is -1.45. The molecular formula is C37H54Si. The Hall–Kier alpha value is -1.86. The molecule has 0 amide bonds. The summed E-state index contributed by atoms with van der Waals surface area (Å²) < 4.78 is 0. The molecule has 0 N–H and O–H groups in total. The van der Waals surface area contributed by atoms with E-state index in [2.05, 4.69) is 100 Å². The van der Waals surface area contributed by atoms with Crippen molar-refractivity contribution in [3.8, 4) is 0 Å². The van der Waals surface area contributed by atoms with Crippen molar-refractivity contribution in [3.63, 3.8) is 0 Å². The molecule has 0 nitrogen and oxygen atoms in total. The molecule has 2 aliphatic rings. The largest absolute Gasteiger partial charge is 0.0853 e. The van der Waals surface area contributed by atoms with Crippen molar-refractivity contribution in [2.24, 2.45) is 0 Å². The van der Waals surface area contributed by atoms with Crippen LogP contribution in [0.3, 0.4) is 0 Å². The van der Waals surface area contributed by atoms with E-state index in [4.69, 9.17) is 0 Å². The van der Waals surface area contributed by atoms with Crippen LogP contribution in [0.15, 0.2) is 84.0 Å². The molecule has 1 heteroatoms. The number of allylic oxidation sites excluding steroid dienone is 4. The third-order valence-corrected chi connectivity index (χ3v) is 16.2. The highest BCUT2D eigenvalue weighted by atomic mass is 28.3. The molecule has 0 heterocycles. The van der Waals surface area contributed by atoms with Crippen molar-refractivity contribution in [2.75, 3.05) is 0 Å². The lowest BCUT2D eigenvalue weighted by molar-refractivity contribution is 0.615. The van der Waals surface area contributed by atoms with Crippen molar-refractivity contribution >= 4 is 8.07 Å². The Morgan fingerprint density at radius 3 is 1.55 bits per heavy atom. The van der Waals surface area contributed by atoms with E-state index in [0.29, 0.717) is 11.8 Å². The molecule has 4 rings (SSSR count). The summed E-state index contributed by atoms with van der Waals surface area (Å²) in [6.07, 6.45) is 21.8. The van der Waals surface area contributed by atoms with Crippen LogP contribution in [0.1, 0.15) is 121 Å². The minimum Gasteiger partial charge on any atom is -0.0853 e. The molecule has 0 fully saturated rings. The maximum Gasteiger partial charge on any atom is 0.0649 e. The van der Waals surface area contributed by atoms with Crippen LogP contribution in [0, 0.1) is 0 Å². The lowest BCUT2D eigenvalue weighted by Crippen LogP contribution is -2.42. The Labute approximate surface area is 236 Å². The van der Waals surface area contributed by atoms with E-state index in [1.807, 2.05) is 11.1 Å². The zero-order valence-corrected chi connectivity index (χ0v) is 25.9. The maximum atomic E-state index is 2.84. The highest BCUT2D eigenvalue weighted by molar-refractivity contribution is 6.82. The Morgan fingerprint density at radius 2 is 1.13 bits per heavy atom. The van der Waals surface area contributed by atoms with Crippen LogP contribution in [0.2, 0.25) is 23.7 Å². The summed E-state index contributed by atoms with van der Waals surface area (Å²) in [5, 5.41) is 0. The summed E-state index contributed by atoms with van der Waals surface area (Å²) in [4.78, 5) is 0. The van der Waals surface area contributed by atoms with Crippen molar-refractivity contribution in [1.82, 2.24) is 0 Å². The van der Waals surface area contributed by atoms with E-state index in [-0.39, 0.29) is 0 Å². The first kappa shape index (κ1) is 29.1. The predicted molar refractivity (Wildman–Crippen MR) is 171 cm³/mol. The van der Waals surface area contributed by atoms with E-state index in [9.17, 15) is 0 Å². The molecule has 4 atom stereocenters. The zero-order chi connectivity index (χ0) is 26.8. The van der Waals surface area contributed by atoms with Gasteiger partial charge in [0.1, 0.15) is 0 Å². The molecule has 206 valence electrons. The molecule has 2 aliphatic carbocycles. The molecule has 0 aliphatic heterocycles. The van der Waals surface area contributed by atoms with Gasteiger partial charge in [0, 0.05) is 0 Å². The summed E-state index contributed by atoms with van der Waals surface area (Å²) >= 11 is 0. The lowest BCUT2D eigenvalue weighted by atomic mass is 9.94. The molecule has 0 aromatic heterocycles. The van der Waals surface area contributed by atoms with Gasteiger partial charge in [0.25, 0.3) is 0 Å². The number of benzene rings is 2. The second kappa shape index (κ2) is 14.5. The fraction of sp³-hybridized carbons (Fsp3) is 0.568. The summed E-state index contributed by atoms with van der Waals surface area (Å²) in [5.74, 6) is 1.34. The van der Waals surface area contributed by atoms with Gasteiger partial charge in [0.15, 0.2) is 0 Å². The fourth-order valence-electron chi connectivity index (χ4n) is 7.86. The van der Waals surface area contributed by atoms with Crippen molar-refractivity contribution in [3.05, 3.63) is 95.1 Å². The van der Waals surface area contributed by atoms with Crippen molar-refractivity contribution in [1.29, 1.82) is 0 Å². The standard InChI is InChI=1S/C37H54Si/c1-5-6-29-38(4,36-27-15-25-34(36)23-13-17-30(2)32-19-9-7-10-20-32)37-28-16-26-35(37)24-14-18-31(3)33-21-11-8-12-22-33/h7-12,19-22,25-26,30-31,36-37H,5-6,13-18,23-24,27-29H2,1-4H3. The summed E-state index contributed by atoms with van der Waals surface area (Å²) in [5.41, 5.74) is 8.62. The SMILES string of the molecule is CCCC[Si](C)(C1CCC=C1CCCC(C)c1ccccc1)C1CCC=C1CCCC(C)c1ccccc1. The minimum absolute atomic E-state index is 0.669. The smallest absolute Gasteiger partial charge is 0.0649 e. The highest BCUT2D eigenvalue weighted by Crippen LogP contribution is 2.55. The fourth-order valence-corrected chi connectivity index (χ4v) is 14.0. The van der Waals surface area contributed by atoms with Crippen LogP contribution >= 0.6 is 0 Å². The Bertz CT molecular complexity index is 940. The van der Waals surface area contributed by atoms with E-state index in [0.717, 1.165) is 11.1 Å². The van der Waals surface area contributed by atoms with Crippen LogP contribution < -0.4 is 0 Å². The first-order valence-electron chi connectivity index (χ1n) is 16.0. The Morgan fingerprint density at radius 1 is 0.684 bits per heavy atom. The number of unbranched alkanes of at least 4 members (excludes halogenated alkanes) is 1. The molecule has 0 saturated heterocycles. The summed E-state index contributed by atoms with van der Waals surface area (Å²) in [6.45, 7) is 10.1. The molecule has 0 spiro atoms. The van der Waals surface area contributed by atoms with Gasteiger partial charge < -0.3 is 0 Å². The average molecular weight is 527 g/mol. The van der Waals surface area contributed by atoms with Crippen LogP contribution in [-0.4, -0.2) is 8.07 Å². The van der Waals surface area contributed by atoms with Gasteiger partial charge in [-0.1, -0.05) is 130 Å². The summed E-state index contributed by atoms with van der Waals surface area (Å²) in [7, 11) is -1.45. The van der Waals surface area contributed by atoms with Gasteiger partial charge in [0.05, 0.1) is 8.07 Å².